The molecule has 1 heterocycles. The Labute approximate surface area is 121 Å². The van der Waals surface area contributed by atoms with Gasteiger partial charge in [0, 0.05) is 5.69 Å². The van der Waals surface area contributed by atoms with Crippen LogP contribution in [0.25, 0.3) is 5.69 Å². The summed E-state index contributed by atoms with van der Waals surface area (Å²) in [6.07, 6.45) is -9.49. The first-order valence-electron chi connectivity index (χ1n) is 6.13. The predicted molar refractivity (Wildman–Crippen MR) is 64.6 cm³/mol. The van der Waals surface area contributed by atoms with Gasteiger partial charge in [0.05, 0.1) is 0 Å². The van der Waals surface area contributed by atoms with Crippen molar-refractivity contribution in [1.82, 2.24) is 9.78 Å². The van der Waals surface area contributed by atoms with E-state index in [1.54, 1.807) is 6.92 Å². The monoisotopic (exact) mass is 324 g/mol. The highest BCUT2D eigenvalue weighted by atomic mass is 19.4. The molecule has 0 bridgehead atoms. The number of ether oxygens (including phenoxy) is 1. The van der Waals surface area contributed by atoms with Crippen LogP contribution in [-0.4, -0.2) is 16.1 Å². The van der Waals surface area contributed by atoms with Crippen molar-refractivity contribution >= 4 is 0 Å². The summed E-state index contributed by atoms with van der Waals surface area (Å²) >= 11 is 0. The van der Waals surface area contributed by atoms with Gasteiger partial charge < -0.3 is 4.74 Å². The SMILES string of the molecule is CCc1cc(C(F)(F)F)nn1-c1ccccc1OC(F)(F)F. The molecule has 22 heavy (non-hydrogen) atoms. The molecule has 0 unspecified atom stereocenters. The summed E-state index contributed by atoms with van der Waals surface area (Å²) in [6.45, 7) is 1.57. The average molecular weight is 324 g/mol. The second-order valence-corrected chi connectivity index (χ2v) is 4.30. The zero-order valence-electron chi connectivity index (χ0n) is 11.2. The second kappa shape index (κ2) is 5.54. The maximum Gasteiger partial charge on any atom is 0.573 e. The van der Waals surface area contributed by atoms with Gasteiger partial charge in [-0.25, -0.2) is 4.68 Å². The number of nitrogens with zero attached hydrogens (tertiary/aromatic N) is 2. The summed E-state index contributed by atoms with van der Waals surface area (Å²) in [6, 6.07) is 5.67. The standard InChI is InChI=1S/C13H10F6N2O/c1-2-8-7-11(12(14,15)16)20-21(8)9-5-3-4-6-10(9)22-13(17,18)19/h3-7H,2H2,1H3. The van der Waals surface area contributed by atoms with Crippen molar-refractivity contribution in [1.29, 1.82) is 0 Å². The fourth-order valence-electron chi connectivity index (χ4n) is 1.86. The van der Waals surface area contributed by atoms with E-state index in [4.69, 9.17) is 0 Å². The summed E-state index contributed by atoms with van der Waals surface area (Å²) < 4.78 is 79.9. The molecule has 0 aliphatic heterocycles. The fourth-order valence-corrected chi connectivity index (χ4v) is 1.86. The smallest absolute Gasteiger partial charge is 0.403 e. The number of hydrogen-bond donors (Lipinski definition) is 0. The van der Waals surface area contributed by atoms with Gasteiger partial charge in [-0.15, -0.1) is 13.2 Å². The number of halogens is 6. The van der Waals surface area contributed by atoms with Crippen molar-refractivity contribution in [2.24, 2.45) is 0 Å². The molecule has 1 aromatic heterocycles. The van der Waals surface area contributed by atoms with Crippen LogP contribution in [0.3, 0.4) is 0 Å². The molecule has 120 valence electrons. The van der Waals surface area contributed by atoms with Crippen molar-refractivity contribution in [3.63, 3.8) is 0 Å². The van der Waals surface area contributed by atoms with Gasteiger partial charge in [0.1, 0.15) is 5.69 Å². The van der Waals surface area contributed by atoms with Crippen molar-refractivity contribution in [2.45, 2.75) is 25.9 Å². The number of para-hydroxylation sites is 2. The Morgan fingerprint density at radius 2 is 1.73 bits per heavy atom. The van der Waals surface area contributed by atoms with Gasteiger partial charge in [-0.1, -0.05) is 19.1 Å². The minimum absolute atomic E-state index is 0.116. The molecule has 2 aromatic rings. The van der Waals surface area contributed by atoms with E-state index in [9.17, 15) is 26.3 Å². The lowest BCUT2D eigenvalue weighted by Gasteiger charge is -2.14. The Morgan fingerprint density at radius 3 is 2.27 bits per heavy atom. The van der Waals surface area contributed by atoms with Crippen LogP contribution in [0.1, 0.15) is 18.3 Å². The number of aromatic nitrogens is 2. The molecule has 0 amide bonds. The molecule has 0 atom stereocenters. The summed E-state index contributed by atoms with van der Waals surface area (Å²) in [5.74, 6) is -0.624. The highest BCUT2D eigenvalue weighted by Gasteiger charge is 2.36. The van der Waals surface area contributed by atoms with Crippen LogP contribution >= 0.6 is 0 Å². The fraction of sp³-hybridized carbons (Fsp3) is 0.308. The summed E-state index contributed by atoms with van der Waals surface area (Å²) in [5, 5.41) is 3.36. The van der Waals surface area contributed by atoms with Gasteiger partial charge >= 0.3 is 12.5 Å². The predicted octanol–water partition coefficient (Wildman–Crippen LogP) is 4.35. The number of rotatable bonds is 3. The van der Waals surface area contributed by atoms with E-state index in [0.717, 1.165) is 16.8 Å². The molecule has 9 heteroatoms. The van der Waals surface area contributed by atoms with Gasteiger partial charge in [0.2, 0.25) is 0 Å². The van der Waals surface area contributed by atoms with Crippen LogP contribution < -0.4 is 4.74 Å². The zero-order valence-corrected chi connectivity index (χ0v) is 11.2. The first-order valence-corrected chi connectivity index (χ1v) is 6.13. The molecular formula is C13H10F6N2O. The molecule has 0 saturated carbocycles. The Kier molecular flexibility index (Phi) is 4.08. The van der Waals surface area contributed by atoms with Gasteiger partial charge in [-0.2, -0.15) is 18.3 Å². The van der Waals surface area contributed by atoms with Gasteiger partial charge in [0.25, 0.3) is 0 Å². The largest absolute Gasteiger partial charge is 0.573 e. The number of hydrogen-bond acceptors (Lipinski definition) is 2. The lowest BCUT2D eigenvalue weighted by molar-refractivity contribution is -0.274. The van der Waals surface area contributed by atoms with Crippen LogP contribution in [-0.2, 0) is 12.6 Å². The molecule has 3 nitrogen and oxygen atoms in total. The van der Waals surface area contributed by atoms with Gasteiger partial charge in [-0.05, 0) is 24.6 Å². The molecule has 0 radical (unpaired) electrons. The minimum atomic E-state index is -4.96. The van der Waals surface area contributed by atoms with Crippen molar-refractivity contribution in [3.8, 4) is 11.4 Å². The summed E-state index contributed by atoms with van der Waals surface area (Å²) in [4.78, 5) is 0. The molecule has 0 saturated heterocycles. The van der Waals surface area contributed by atoms with E-state index in [-0.39, 0.29) is 17.8 Å². The first-order chi connectivity index (χ1) is 10.1. The number of aryl methyl sites for hydroxylation is 1. The summed E-state index contributed by atoms with van der Waals surface area (Å²) in [7, 11) is 0. The molecular weight excluding hydrogens is 314 g/mol. The van der Waals surface area contributed by atoms with E-state index in [1.165, 1.54) is 18.2 Å². The maximum atomic E-state index is 12.7. The zero-order chi connectivity index (χ0) is 16.5. The van der Waals surface area contributed by atoms with Gasteiger partial charge in [0.15, 0.2) is 11.4 Å². The molecule has 0 N–H and O–H groups in total. The van der Waals surface area contributed by atoms with Crippen molar-refractivity contribution in [2.75, 3.05) is 0 Å². The van der Waals surface area contributed by atoms with E-state index < -0.39 is 24.0 Å². The van der Waals surface area contributed by atoms with E-state index in [1.807, 2.05) is 0 Å². The van der Waals surface area contributed by atoms with Crippen molar-refractivity contribution in [3.05, 3.63) is 41.7 Å². The van der Waals surface area contributed by atoms with Crippen molar-refractivity contribution < 1.29 is 31.1 Å². The minimum Gasteiger partial charge on any atom is -0.403 e. The third-order valence-corrected chi connectivity index (χ3v) is 2.75. The van der Waals surface area contributed by atoms with Crippen LogP contribution in [0.5, 0.6) is 5.75 Å². The van der Waals surface area contributed by atoms with Crippen LogP contribution in [0.4, 0.5) is 26.3 Å². The Hall–Kier alpha value is -2.19. The lowest BCUT2D eigenvalue weighted by Crippen LogP contribution is -2.19. The average Bonchev–Trinajstić information content (AvgIpc) is 2.81. The number of benzene rings is 1. The first kappa shape index (κ1) is 16.2. The Morgan fingerprint density at radius 1 is 1.09 bits per heavy atom. The normalized spacial score (nSPS) is 12.5. The van der Waals surface area contributed by atoms with E-state index >= 15 is 0 Å². The summed E-state index contributed by atoms with van der Waals surface area (Å²) in [5.41, 5.74) is -1.27. The third-order valence-electron chi connectivity index (χ3n) is 2.75. The molecule has 0 aliphatic carbocycles. The van der Waals surface area contributed by atoms with Crippen LogP contribution in [0.2, 0.25) is 0 Å². The Balaban J connectivity index is 2.55. The van der Waals surface area contributed by atoms with Crippen LogP contribution in [0, 0.1) is 0 Å². The quantitative estimate of drug-likeness (QED) is 0.785. The third kappa shape index (κ3) is 3.52. The Bertz CT molecular complexity index is 659. The highest BCUT2D eigenvalue weighted by Crippen LogP contribution is 2.33. The lowest BCUT2D eigenvalue weighted by atomic mass is 10.2. The number of alkyl halides is 6. The maximum absolute atomic E-state index is 12.7. The molecule has 0 fully saturated rings. The molecule has 0 aliphatic rings. The topological polar surface area (TPSA) is 27.1 Å². The molecule has 1 aromatic carbocycles. The van der Waals surface area contributed by atoms with E-state index in [2.05, 4.69) is 9.84 Å². The molecule has 2 rings (SSSR count). The second-order valence-electron chi connectivity index (χ2n) is 4.30. The van der Waals surface area contributed by atoms with Gasteiger partial charge in [-0.3, -0.25) is 0 Å². The highest BCUT2D eigenvalue weighted by molar-refractivity contribution is 5.47. The van der Waals surface area contributed by atoms with E-state index in [0.29, 0.717) is 0 Å². The van der Waals surface area contributed by atoms with Crippen LogP contribution in [0.15, 0.2) is 30.3 Å². The molecule has 0 spiro atoms.